The van der Waals surface area contributed by atoms with Crippen LogP contribution in [-0.2, 0) is 27.7 Å². The lowest BCUT2D eigenvalue weighted by Gasteiger charge is -2.24. The summed E-state index contributed by atoms with van der Waals surface area (Å²) in [6.45, 7) is 9.28. The van der Waals surface area contributed by atoms with Gasteiger partial charge in [0.15, 0.2) is 0 Å². The number of thiazole rings is 1. The average molecular weight is 415 g/mol. The van der Waals surface area contributed by atoms with E-state index in [-0.39, 0.29) is 22.4 Å². The van der Waals surface area contributed by atoms with Gasteiger partial charge < -0.3 is 9.30 Å². The first-order chi connectivity index (χ1) is 12.5. The van der Waals surface area contributed by atoms with Crippen LogP contribution in [0.4, 0.5) is 0 Å². The Morgan fingerprint density at radius 2 is 2.04 bits per heavy atom. The number of imidazole rings is 1. The number of hydrogen-bond acceptors (Lipinski definition) is 7. The zero-order valence-electron chi connectivity index (χ0n) is 17.0. The number of aromatic nitrogens is 3. The molecule has 0 aliphatic carbocycles. The third-order valence-electron chi connectivity index (χ3n) is 4.20. The summed E-state index contributed by atoms with van der Waals surface area (Å²) in [5.41, 5.74) is 0.512. The van der Waals surface area contributed by atoms with Gasteiger partial charge in [-0.15, -0.1) is 11.3 Å². The number of hydrogen-bond donors (Lipinski definition) is 0. The van der Waals surface area contributed by atoms with E-state index in [0.29, 0.717) is 19.7 Å². The summed E-state index contributed by atoms with van der Waals surface area (Å²) in [6.07, 6.45) is 3.46. The van der Waals surface area contributed by atoms with E-state index in [0.717, 1.165) is 10.7 Å². The van der Waals surface area contributed by atoms with Crippen LogP contribution in [0.1, 0.15) is 44.4 Å². The Hall–Kier alpha value is -1.29. The van der Waals surface area contributed by atoms with Crippen molar-refractivity contribution in [3.05, 3.63) is 28.5 Å². The zero-order chi connectivity index (χ0) is 20.2. The zero-order valence-corrected chi connectivity index (χ0v) is 18.6. The molecule has 0 N–H and O–H groups in total. The molecular formula is C18H30N4O3S2. The summed E-state index contributed by atoms with van der Waals surface area (Å²) >= 11 is 1.61. The van der Waals surface area contributed by atoms with Crippen molar-refractivity contribution in [2.75, 3.05) is 26.5 Å². The predicted molar refractivity (Wildman–Crippen MR) is 108 cm³/mol. The van der Waals surface area contributed by atoms with Gasteiger partial charge in [-0.25, -0.2) is 18.4 Å². The summed E-state index contributed by atoms with van der Waals surface area (Å²) in [5.74, 6) is 0.0504. The summed E-state index contributed by atoms with van der Waals surface area (Å²) in [4.78, 5) is 10.8. The van der Waals surface area contributed by atoms with Gasteiger partial charge in [-0.1, -0.05) is 20.8 Å². The minimum absolute atomic E-state index is 0.0504. The minimum Gasteiger partial charge on any atom is -0.383 e. The fraction of sp³-hybridized carbons (Fsp3) is 0.667. The Morgan fingerprint density at radius 1 is 1.33 bits per heavy atom. The molecule has 152 valence electrons. The lowest BCUT2D eigenvalue weighted by molar-refractivity contribution is 0.180. The predicted octanol–water partition coefficient (Wildman–Crippen LogP) is 3.00. The molecule has 1 unspecified atom stereocenters. The van der Waals surface area contributed by atoms with Gasteiger partial charge in [0.25, 0.3) is 0 Å². The summed E-state index contributed by atoms with van der Waals surface area (Å²) in [5, 5.41) is 3.11. The van der Waals surface area contributed by atoms with Crippen molar-refractivity contribution >= 4 is 21.2 Å². The number of ether oxygens (including phenoxy) is 1. The Kier molecular flexibility index (Phi) is 7.18. The van der Waals surface area contributed by atoms with Crippen LogP contribution in [0.2, 0.25) is 0 Å². The molecule has 2 aromatic rings. The van der Waals surface area contributed by atoms with Crippen LogP contribution in [0, 0.1) is 5.41 Å². The first-order valence-corrected chi connectivity index (χ1v) is 11.4. The van der Waals surface area contributed by atoms with Crippen LogP contribution < -0.4 is 0 Å². The number of rotatable bonds is 9. The van der Waals surface area contributed by atoms with Gasteiger partial charge in [-0.3, -0.25) is 4.90 Å². The number of sulfone groups is 1. The maximum absolute atomic E-state index is 12.9. The van der Waals surface area contributed by atoms with E-state index in [9.17, 15) is 8.42 Å². The van der Waals surface area contributed by atoms with Crippen LogP contribution in [0.25, 0.3) is 0 Å². The molecule has 0 saturated heterocycles. The number of methoxy groups -OCH3 is 1. The van der Waals surface area contributed by atoms with Crippen molar-refractivity contribution in [2.24, 2.45) is 5.41 Å². The minimum atomic E-state index is -3.49. The van der Waals surface area contributed by atoms with Crippen LogP contribution in [0.5, 0.6) is 0 Å². The smallest absolute Gasteiger partial charge is 0.227 e. The fourth-order valence-corrected chi connectivity index (χ4v) is 5.63. The number of nitrogens with zero attached hydrogens (tertiary/aromatic N) is 4. The Balaban J connectivity index is 2.30. The second-order valence-corrected chi connectivity index (χ2v) is 10.8. The molecule has 27 heavy (non-hydrogen) atoms. The van der Waals surface area contributed by atoms with Crippen LogP contribution in [0.15, 0.2) is 22.9 Å². The van der Waals surface area contributed by atoms with Gasteiger partial charge >= 0.3 is 0 Å². The molecule has 0 spiro atoms. The van der Waals surface area contributed by atoms with E-state index in [1.165, 1.54) is 0 Å². The van der Waals surface area contributed by atoms with Gasteiger partial charge in [-0.2, -0.15) is 0 Å². The van der Waals surface area contributed by atoms with Crippen molar-refractivity contribution in [1.29, 1.82) is 0 Å². The second-order valence-electron chi connectivity index (χ2n) is 7.96. The maximum Gasteiger partial charge on any atom is 0.227 e. The molecular weight excluding hydrogens is 384 g/mol. The molecule has 0 bridgehead atoms. The Bertz CT molecular complexity index is 823. The van der Waals surface area contributed by atoms with Gasteiger partial charge in [0.05, 0.1) is 30.3 Å². The maximum atomic E-state index is 12.9. The highest BCUT2D eigenvalue weighted by atomic mass is 32.2. The van der Waals surface area contributed by atoms with E-state index >= 15 is 0 Å². The lowest BCUT2D eigenvalue weighted by Crippen LogP contribution is -2.27. The first kappa shape index (κ1) is 22.0. The van der Waals surface area contributed by atoms with Crippen LogP contribution >= 0.6 is 11.3 Å². The molecule has 0 aromatic carbocycles. The summed E-state index contributed by atoms with van der Waals surface area (Å²) in [6, 6.07) is 0.130. The Labute approximate surface area is 166 Å². The first-order valence-electron chi connectivity index (χ1n) is 8.91. The Morgan fingerprint density at radius 3 is 2.59 bits per heavy atom. The largest absolute Gasteiger partial charge is 0.383 e. The molecule has 0 saturated carbocycles. The molecule has 0 aliphatic heterocycles. The van der Waals surface area contributed by atoms with E-state index in [1.807, 2.05) is 33.2 Å². The molecule has 2 aromatic heterocycles. The standard InChI is InChI=1S/C18H30N4O3S2/c1-14(16-19-7-10-26-16)21(5)12-15-11-20-17(22(15)8-9-25-6)27(23,24)13-18(2,3)4/h7,10-11,14H,8-9,12-13H2,1-6H3. The van der Waals surface area contributed by atoms with Gasteiger partial charge in [-0.05, 0) is 19.4 Å². The highest BCUT2D eigenvalue weighted by Crippen LogP contribution is 2.25. The van der Waals surface area contributed by atoms with Crippen LogP contribution in [-0.4, -0.2) is 54.4 Å². The third kappa shape index (κ3) is 5.84. The molecule has 0 aliphatic rings. The van der Waals surface area contributed by atoms with Crippen LogP contribution in [0.3, 0.4) is 0 Å². The summed E-state index contributed by atoms with van der Waals surface area (Å²) in [7, 11) is 0.121. The van der Waals surface area contributed by atoms with Gasteiger partial charge in [0.2, 0.25) is 15.0 Å². The molecule has 9 heteroatoms. The van der Waals surface area contributed by atoms with Crippen molar-refractivity contribution in [3.63, 3.8) is 0 Å². The van der Waals surface area contributed by atoms with E-state index in [1.54, 1.807) is 35.4 Å². The van der Waals surface area contributed by atoms with Crippen molar-refractivity contribution in [2.45, 2.75) is 52.0 Å². The lowest BCUT2D eigenvalue weighted by atomic mass is 10.0. The average Bonchev–Trinajstić information content (AvgIpc) is 3.20. The molecule has 0 radical (unpaired) electrons. The quantitative estimate of drug-likeness (QED) is 0.628. The second kappa shape index (κ2) is 8.81. The van der Waals surface area contributed by atoms with E-state index < -0.39 is 9.84 Å². The molecule has 1 atom stereocenters. The highest BCUT2D eigenvalue weighted by Gasteiger charge is 2.29. The fourth-order valence-electron chi connectivity index (χ4n) is 2.84. The van der Waals surface area contributed by atoms with E-state index in [2.05, 4.69) is 21.8 Å². The van der Waals surface area contributed by atoms with Crippen molar-refractivity contribution in [3.8, 4) is 0 Å². The summed E-state index contributed by atoms with van der Waals surface area (Å²) < 4.78 is 32.8. The topological polar surface area (TPSA) is 77.3 Å². The molecule has 0 fully saturated rings. The van der Waals surface area contributed by atoms with E-state index in [4.69, 9.17) is 4.74 Å². The SMILES string of the molecule is COCCn1c(CN(C)C(C)c2nccs2)cnc1S(=O)(=O)CC(C)(C)C. The normalized spacial score (nSPS) is 14.0. The molecule has 7 nitrogen and oxygen atoms in total. The monoisotopic (exact) mass is 414 g/mol. The van der Waals surface area contributed by atoms with Gasteiger partial charge in [0, 0.05) is 31.8 Å². The molecule has 0 amide bonds. The van der Waals surface area contributed by atoms with Crippen molar-refractivity contribution in [1.82, 2.24) is 19.4 Å². The molecule has 2 rings (SSSR count). The third-order valence-corrected chi connectivity index (χ3v) is 7.28. The highest BCUT2D eigenvalue weighted by molar-refractivity contribution is 7.91. The van der Waals surface area contributed by atoms with Gasteiger partial charge in [0.1, 0.15) is 5.01 Å². The van der Waals surface area contributed by atoms with Crippen molar-refractivity contribution < 1.29 is 13.2 Å². The molecule has 2 heterocycles.